The zero-order valence-electron chi connectivity index (χ0n) is 21.2. The predicted octanol–water partition coefficient (Wildman–Crippen LogP) is 5.60. The third-order valence-electron chi connectivity index (χ3n) is 7.81. The van der Waals surface area contributed by atoms with Crippen molar-refractivity contribution < 1.29 is 18.4 Å². The minimum atomic E-state index is -0.725. The lowest BCUT2D eigenvalue weighted by Crippen LogP contribution is -2.49. The number of benzene rings is 2. The van der Waals surface area contributed by atoms with E-state index in [0.29, 0.717) is 43.1 Å². The number of rotatable bonds is 6. The average molecular weight is 540 g/mol. The molecule has 3 aliphatic rings. The third kappa shape index (κ3) is 5.68. The summed E-state index contributed by atoms with van der Waals surface area (Å²) in [5.74, 6) is -0.455. The van der Waals surface area contributed by atoms with Gasteiger partial charge in [-0.15, -0.1) is 11.6 Å². The van der Waals surface area contributed by atoms with Gasteiger partial charge in [0, 0.05) is 30.0 Å². The Labute approximate surface area is 227 Å². The molecule has 1 aliphatic heterocycles. The number of para-hydroxylation sites is 1. The Morgan fingerprint density at radius 3 is 2.50 bits per heavy atom. The zero-order chi connectivity index (χ0) is 26.6. The van der Waals surface area contributed by atoms with E-state index in [0.717, 1.165) is 24.0 Å². The molecule has 0 saturated heterocycles. The molecule has 2 aromatic carbocycles. The number of nitrogens with zero attached hydrogens (tertiary/aromatic N) is 2. The second-order valence-corrected chi connectivity index (χ2v) is 10.7. The summed E-state index contributed by atoms with van der Waals surface area (Å²) in [5.41, 5.74) is 2.89. The Morgan fingerprint density at radius 1 is 1.03 bits per heavy atom. The van der Waals surface area contributed by atoms with E-state index >= 15 is 0 Å². The van der Waals surface area contributed by atoms with Crippen molar-refractivity contribution in [2.75, 3.05) is 17.3 Å². The molecule has 2 aliphatic carbocycles. The Kier molecular flexibility index (Phi) is 8.22. The molecule has 3 unspecified atom stereocenters. The predicted molar refractivity (Wildman–Crippen MR) is 146 cm³/mol. The molecule has 3 atom stereocenters. The van der Waals surface area contributed by atoms with Crippen LogP contribution in [0.1, 0.15) is 49.7 Å². The number of carbonyl (C=O) groups is 2. The van der Waals surface area contributed by atoms with Gasteiger partial charge >= 0.3 is 0 Å². The first-order valence-electron chi connectivity index (χ1n) is 13.4. The monoisotopic (exact) mass is 539 g/mol. The molecule has 0 bridgehead atoms. The number of nitrogens with one attached hydrogen (secondary N) is 1. The quantitative estimate of drug-likeness (QED) is 0.384. The van der Waals surface area contributed by atoms with Crippen LogP contribution in [0.15, 0.2) is 65.7 Å². The van der Waals surface area contributed by atoms with Crippen molar-refractivity contribution in [3.8, 4) is 0 Å². The fourth-order valence-electron chi connectivity index (χ4n) is 5.76. The van der Waals surface area contributed by atoms with Crippen LogP contribution in [0.2, 0.25) is 0 Å². The number of aliphatic imine (C=N–C) groups is 1. The SMILES string of the molecule is O=C(NCC1CCC(F)CC1)C1C=CC2C(C1)N=C(c1ccc(F)cc1)c1ccccc1N2C(=O)CCCl. The van der Waals surface area contributed by atoms with Crippen LogP contribution < -0.4 is 10.2 Å². The topological polar surface area (TPSA) is 61.8 Å². The first-order chi connectivity index (χ1) is 18.4. The van der Waals surface area contributed by atoms with E-state index in [1.54, 1.807) is 17.0 Å². The zero-order valence-corrected chi connectivity index (χ0v) is 21.9. The van der Waals surface area contributed by atoms with Gasteiger partial charge in [-0.2, -0.15) is 0 Å². The highest BCUT2D eigenvalue weighted by molar-refractivity contribution is 6.20. The highest BCUT2D eigenvalue weighted by Crippen LogP contribution is 2.36. The molecule has 0 spiro atoms. The molecule has 2 aromatic rings. The normalized spacial score (nSPS) is 26.6. The van der Waals surface area contributed by atoms with Gasteiger partial charge in [-0.05, 0) is 68.4 Å². The summed E-state index contributed by atoms with van der Waals surface area (Å²) in [6.45, 7) is 0.542. The van der Waals surface area contributed by atoms with Gasteiger partial charge < -0.3 is 10.2 Å². The molecular formula is C30H32ClF2N3O2. The molecule has 1 fully saturated rings. The highest BCUT2D eigenvalue weighted by atomic mass is 35.5. The number of hydrogen-bond donors (Lipinski definition) is 1. The van der Waals surface area contributed by atoms with Crippen molar-refractivity contribution >= 4 is 34.8 Å². The third-order valence-corrected chi connectivity index (χ3v) is 8.00. The number of hydrogen-bond acceptors (Lipinski definition) is 3. The van der Waals surface area contributed by atoms with E-state index in [-0.39, 0.29) is 42.0 Å². The number of halogens is 3. The lowest BCUT2D eigenvalue weighted by atomic mass is 9.86. The van der Waals surface area contributed by atoms with E-state index in [2.05, 4.69) is 5.32 Å². The summed E-state index contributed by atoms with van der Waals surface area (Å²) in [6, 6.07) is 13.0. The Morgan fingerprint density at radius 2 is 1.76 bits per heavy atom. The van der Waals surface area contributed by atoms with Gasteiger partial charge in [0.1, 0.15) is 12.0 Å². The van der Waals surface area contributed by atoms with Gasteiger partial charge in [0.2, 0.25) is 11.8 Å². The number of anilines is 1. The highest BCUT2D eigenvalue weighted by Gasteiger charge is 2.39. The van der Waals surface area contributed by atoms with Crippen LogP contribution in [0.25, 0.3) is 0 Å². The summed E-state index contributed by atoms with van der Waals surface area (Å²) in [6.07, 6.45) is 6.34. The van der Waals surface area contributed by atoms with E-state index in [9.17, 15) is 18.4 Å². The lowest BCUT2D eigenvalue weighted by Gasteiger charge is -2.36. The minimum absolute atomic E-state index is 0.0824. The first kappa shape index (κ1) is 26.5. The van der Waals surface area contributed by atoms with Crippen LogP contribution in [-0.2, 0) is 9.59 Å². The molecule has 1 heterocycles. The molecule has 5 nitrogen and oxygen atoms in total. The van der Waals surface area contributed by atoms with Crippen molar-refractivity contribution in [2.24, 2.45) is 16.8 Å². The largest absolute Gasteiger partial charge is 0.355 e. The Hall–Kier alpha value is -3.06. The van der Waals surface area contributed by atoms with Crippen molar-refractivity contribution in [1.29, 1.82) is 0 Å². The van der Waals surface area contributed by atoms with Gasteiger partial charge in [0.25, 0.3) is 0 Å². The van der Waals surface area contributed by atoms with Crippen LogP contribution in [-0.4, -0.2) is 48.2 Å². The Balaban J connectivity index is 1.46. The molecule has 5 rings (SSSR count). The number of alkyl halides is 2. The molecule has 200 valence electrons. The van der Waals surface area contributed by atoms with Crippen molar-refractivity contribution in [3.05, 3.63) is 77.6 Å². The summed E-state index contributed by atoms with van der Waals surface area (Å²) in [5, 5.41) is 3.07. The minimum Gasteiger partial charge on any atom is -0.355 e. The maximum Gasteiger partial charge on any atom is 0.228 e. The van der Waals surface area contributed by atoms with E-state index in [1.165, 1.54) is 12.1 Å². The van der Waals surface area contributed by atoms with Crippen molar-refractivity contribution in [2.45, 2.75) is 56.8 Å². The number of amides is 2. The summed E-state index contributed by atoms with van der Waals surface area (Å²) >= 11 is 5.97. The van der Waals surface area contributed by atoms with Gasteiger partial charge in [0.15, 0.2) is 0 Å². The Bertz CT molecular complexity index is 1220. The van der Waals surface area contributed by atoms with Gasteiger partial charge in [-0.25, -0.2) is 8.78 Å². The number of fused-ring (bicyclic) bond motifs is 2. The molecule has 8 heteroatoms. The second kappa shape index (κ2) is 11.8. The van der Waals surface area contributed by atoms with Crippen LogP contribution in [0.4, 0.5) is 14.5 Å². The van der Waals surface area contributed by atoms with Gasteiger partial charge in [0.05, 0.1) is 29.4 Å². The first-order valence-corrected chi connectivity index (χ1v) is 13.9. The smallest absolute Gasteiger partial charge is 0.228 e. The van der Waals surface area contributed by atoms with Crippen molar-refractivity contribution in [1.82, 2.24) is 5.32 Å². The van der Waals surface area contributed by atoms with Crippen LogP contribution >= 0.6 is 11.6 Å². The van der Waals surface area contributed by atoms with Crippen molar-refractivity contribution in [3.63, 3.8) is 0 Å². The molecule has 0 radical (unpaired) electrons. The molecular weight excluding hydrogens is 508 g/mol. The van der Waals surface area contributed by atoms with Gasteiger partial charge in [-0.3, -0.25) is 14.6 Å². The molecule has 2 amide bonds. The van der Waals surface area contributed by atoms with Crippen LogP contribution in [0, 0.1) is 17.7 Å². The van der Waals surface area contributed by atoms with E-state index in [4.69, 9.17) is 16.6 Å². The fraction of sp³-hybridized carbons (Fsp3) is 0.433. The second-order valence-electron chi connectivity index (χ2n) is 10.4. The number of carbonyl (C=O) groups excluding carboxylic acids is 2. The average Bonchev–Trinajstić information content (AvgIpc) is 3.07. The summed E-state index contributed by atoms with van der Waals surface area (Å²) in [7, 11) is 0. The summed E-state index contributed by atoms with van der Waals surface area (Å²) < 4.78 is 27.2. The van der Waals surface area contributed by atoms with Crippen LogP contribution in [0.5, 0.6) is 0 Å². The maximum atomic E-state index is 13.7. The standard InChI is InChI=1S/C30H32ClF2N3O2/c31-16-15-28(37)36-26-4-2-1-3-24(26)29(20-7-12-23(33)13-8-20)35-25-17-21(9-14-27(25)36)30(38)34-18-19-5-10-22(32)11-6-19/h1-4,7-9,12-14,19,21-22,25,27H,5-6,10-11,15-18H2,(H,34,38). The van der Waals surface area contributed by atoms with Crippen LogP contribution in [0.3, 0.4) is 0 Å². The van der Waals surface area contributed by atoms with Gasteiger partial charge in [-0.1, -0.05) is 30.4 Å². The fourth-order valence-corrected chi connectivity index (χ4v) is 5.92. The molecule has 0 aromatic heterocycles. The molecule has 38 heavy (non-hydrogen) atoms. The maximum absolute atomic E-state index is 13.7. The molecule has 1 saturated carbocycles. The molecule has 1 N–H and O–H groups in total. The van der Waals surface area contributed by atoms with E-state index in [1.807, 2.05) is 36.4 Å². The van der Waals surface area contributed by atoms with E-state index < -0.39 is 12.1 Å². The lowest BCUT2D eigenvalue weighted by molar-refractivity contribution is -0.124. The summed E-state index contributed by atoms with van der Waals surface area (Å²) in [4.78, 5) is 33.4.